The average molecular weight is 176 g/mol. The van der Waals surface area contributed by atoms with Crippen LogP contribution in [0.3, 0.4) is 0 Å². The smallest absolute Gasteiger partial charge is 0.308 e. The van der Waals surface area contributed by atoms with Crippen molar-refractivity contribution in [2.75, 3.05) is 6.54 Å². The first-order chi connectivity index (χ1) is 5.11. The first-order valence-corrected chi connectivity index (χ1v) is 4.40. The van der Waals surface area contributed by atoms with Gasteiger partial charge in [-0.05, 0) is 10.5 Å². The average Bonchev–Trinajstić information content (AvgIpc) is 2.10. The van der Waals surface area contributed by atoms with Crippen molar-refractivity contribution in [3.8, 4) is 0 Å². The van der Waals surface area contributed by atoms with Crippen molar-refractivity contribution in [1.29, 1.82) is 0 Å². The van der Waals surface area contributed by atoms with Crippen LogP contribution in [0.5, 0.6) is 0 Å². The molecule has 62 valence electrons. The quantitative estimate of drug-likeness (QED) is 0.585. The lowest BCUT2D eigenvalue weighted by Crippen LogP contribution is -2.35. The first-order valence-electron chi connectivity index (χ1n) is 2.89. The van der Waals surface area contributed by atoms with Gasteiger partial charge in [0, 0.05) is 0 Å². The Morgan fingerprint density at radius 2 is 2.18 bits per heavy atom. The molecule has 0 spiro atoms. The molecule has 0 bridgehead atoms. The molecule has 0 unspecified atom stereocenters. The van der Waals surface area contributed by atoms with Crippen molar-refractivity contribution in [3.63, 3.8) is 0 Å². The third-order valence-corrected chi connectivity index (χ3v) is 1.85. The van der Waals surface area contributed by atoms with Gasteiger partial charge < -0.3 is 4.84 Å². The molecule has 0 aliphatic carbocycles. The normalized spacial score (nSPS) is 19.4. The summed E-state index contributed by atoms with van der Waals surface area (Å²) in [5.74, 6) is 0. The maximum atomic E-state index is 10.6. The molecule has 1 aliphatic rings. The number of hydrogen-bond donors (Lipinski definition) is 1. The van der Waals surface area contributed by atoms with E-state index in [4.69, 9.17) is 5.14 Å². The van der Waals surface area contributed by atoms with Gasteiger partial charge in [0.25, 0.3) is 0 Å². The summed E-state index contributed by atoms with van der Waals surface area (Å²) >= 11 is 0. The van der Waals surface area contributed by atoms with Gasteiger partial charge in [-0.3, -0.25) is 0 Å². The Morgan fingerprint density at radius 3 is 2.82 bits per heavy atom. The summed E-state index contributed by atoms with van der Waals surface area (Å²) < 4.78 is 22.0. The van der Waals surface area contributed by atoms with Gasteiger partial charge in [-0.2, -0.15) is 8.42 Å². The van der Waals surface area contributed by atoms with E-state index in [0.29, 0.717) is 4.47 Å². The fourth-order valence-corrected chi connectivity index (χ4v) is 1.04. The molecule has 2 N–H and O–H groups in total. The summed E-state index contributed by atoms with van der Waals surface area (Å²) in [6, 6.07) is 0. The number of hydrogen-bond acceptors (Lipinski definition) is 3. The lowest BCUT2D eigenvalue weighted by atomic mass is 10.5. The van der Waals surface area contributed by atoms with Crippen LogP contribution in [-0.2, 0) is 15.0 Å². The van der Waals surface area contributed by atoms with Gasteiger partial charge in [-0.1, -0.05) is 12.2 Å². The summed E-state index contributed by atoms with van der Waals surface area (Å²) in [6.45, 7) is 0.131. The molecular weight excluding hydrogens is 168 g/mol. The second-order valence-electron chi connectivity index (χ2n) is 1.89. The summed E-state index contributed by atoms with van der Waals surface area (Å²) in [5.41, 5.74) is 0. The molecule has 0 radical (unpaired) electrons. The summed E-state index contributed by atoms with van der Waals surface area (Å²) in [6.07, 6.45) is 6.11. The van der Waals surface area contributed by atoms with Crippen LogP contribution in [0.25, 0.3) is 0 Å². The van der Waals surface area contributed by atoms with E-state index in [1.54, 1.807) is 18.2 Å². The van der Waals surface area contributed by atoms with E-state index in [9.17, 15) is 8.42 Å². The van der Waals surface area contributed by atoms with Gasteiger partial charge in [0.2, 0.25) is 0 Å². The monoisotopic (exact) mass is 176 g/mol. The Morgan fingerprint density at radius 1 is 1.45 bits per heavy atom. The second-order valence-corrected chi connectivity index (χ2v) is 3.33. The molecule has 11 heavy (non-hydrogen) atoms. The highest BCUT2D eigenvalue weighted by molar-refractivity contribution is 7.86. The van der Waals surface area contributed by atoms with Crippen LogP contribution >= 0.6 is 0 Å². The molecule has 1 aliphatic heterocycles. The molecule has 1 heterocycles. The maximum Gasteiger partial charge on any atom is 0.308 e. The van der Waals surface area contributed by atoms with E-state index in [0.717, 1.165) is 0 Å². The van der Waals surface area contributed by atoms with Gasteiger partial charge in [0.1, 0.15) is 6.26 Å². The van der Waals surface area contributed by atoms with Crippen molar-refractivity contribution in [1.82, 2.24) is 4.47 Å². The standard InChI is InChI=1S/C5H8N2O3S/c6-11(8,9)7-4-2-1-3-5-10-7/h1-3,5H,4H2,(H2,6,8,9). The molecule has 0 fully saturated rings. The zero-order valence-corrected chi connectivity index (χ0v) is 6.49. The highest BCUT2D eigenvalue weighted by atomic mass is 32.2. The minimum atomic E-state index is -3.74. The van der Waals surface area contributed by atoms with Crippen molar-refractivity contribution in [2.24, 2.45) is 5.14 Å². The molecular formula is C5H8N2O3S. The van der Waals surface area contributed by atoms with Gasteiger partial charge in [0.15, 0.2) is 0 Å². The minimum Gasteiger partial charge on any atom is -0.398 e. The van der Waals surface area contributed by atoms with Crippen molar-refractivity contribution >= 4 is 10.2 Å². The third kappa shape index (κ3) is 2.34. The molecule has 5 nitrogen and oxygen atoms in total. The minimum absolute atomic E-state index is 0.131. The SMILES string of the molecule is NS(=O)(=O)N1CC=CC=CO1. The molecule has 0 amide bonds. The maximum absolute atomic E-state index is 10.6. The summed E-state index contributed by atoms with van der Waals surface area (Å²) in [7, 11) is -3.74. The van der Waals surface area contributed by atoms with Crippen LogP contribution in [0.15, 0.2) is 24.5 Å². The van der Waals surface area contributed by atoms with Crippen LogP contribution < -0.4 is 5.14 Å². The molecule has 0 aromatic rings. The number of nitrogens with zero attached hydrogens (tertiary/aromatic N) is 1. The van der Waals surface area contributed by atoms with E-state index < -0.39 is 10.2 Å². The molecule has 0 saturated carbocycles. The van der Waals surface area contributed by atoms with Gasteiger partial charge >= 0.3 is 10.2 Å². The van der Waals surface area contributed by atoms with Crippen LogP contribution in [0.4, 0.5) is 0 Å². The topological polar surface area (TPSA) is 72.6 Å². The summed E-state index contributed by atoms with van der Waals surface area (Å²) in [5, 5.41) is 4.78. The van der Waals surface area contributed by atoms with E-state index in [2.05, 4.69) is 4.84 Å². The predicted molar refractivity (Wildman–Crippen MR) is 39.2 cm³/mol. The molecule has 0 aromatic carbocycles. The largest absolute Gasteiger partial charge is 0.398 e. The zero-order valence-electron chi connectivity index (χ0n) is 5.67. The van der Waals surface area contributed by atoms with Crippen molar-refractivity contribution < 1.29 is 13.3 Å². The van der Waals surface area contributed by atoms with E-state index in [1.807, 2.05) is 0 Å². The Hall–Kier alpha value is -0.850. The van der Waals surface area contributed by atoms with Crippen LogP contribution in [0, 0.1) is 0 Å². The highest BCUT2D eigenvalue weighted by Gasteiger charge is 2.16. The van der Waals surface area contributed by atoms with Crippen LogP contribution in [-0.4, -0.2) is 19.4 Å². The van der Waals surface area contributed by atoms with Crippen LogP contribution in [0.2, 0.25) is 0 Å². The predicted octanol–water partition coefficient (Wildman–Crippen LogP) is -0.493. The second kappa shape index (κ2) is 3.04. The number of allylic oxidation sites excluding steroid dienone is 2. The van der Waals surface area contributed by atoms with E-state index in [1.165, 1.54) is 6.26 Å². The lowest BCUT2D eigenvalue weighted by molar-refractivity contribution is -0.00337. The van der Waals surface area contributed by atoms with Gasteiger partial charge in [-0.15, -0.1) is 0 Å². The van der Waals surface area contributed by atoms with E-state index >= 15 is 0 Å². The van der Waals surface area contributed by atoms with Gasteiger partial charge in [-0.25, -0.2) is 5.14 Å². The zero-order chi connectivity index (χ0) is 8.32. The van der Waals surface area contributed by atoms with Crippen molar-refractivity contribution in [3.05, 3.63) is 24.5 Å². The Bertz CT molecular complexity index is 266. The fraction of sp³-hybridized carbons (Fsp3) is 0.200. The third-order valence-electron chi connectivity index (χ3n) is 1.04. The molecule has 1 rings (SSSR count). The lowest BCUT2D eigenvalue weighted by Gasteiger charge is -2.13. The Labute approximate surface area is 64.9 Å². The first kappa shape index (κ1) is 8.25. The Balaban J connectivity index is 2.76. The highest BCUT2D eigenvalue weighted by Crippen LogP contribution is 2.00. The summed E-state index contributed by atoms with van der Waals surface area (Å²) in [4.78, 5) is 4.64. The molecule has 0 saturated heterocycles. The Kier molecular flexibility index (Phi) is 2.28. The molecule has 0 atom stereocenters. The molecule has 0 aromatic heterocycles. The van der Waals surface area contributed by atoms with E-state index in [-0.39, 0.29) is 6.54 Å². The number of nitrogens with two attached hydrogens (primary N) is 1. The van der Waals surface area contributed by atoms with Crippen molar-refractivity contribution in [2.45, 2.75) is 0 Å². The van der Waals surface area contributed by atoms with Crippen LogP contribution in [0.1, 0.15) is 0 Å². The fourth-order valence-electron chi connectivity index (χ4n) is 0.581. The number of rotatable bonds is 1. The van der Waals surface area contributed by atoms with Gasteiger partial charge in [0.05, 0.1) is 6.54 Å². The number of hydroxylamine groups is 1. The molecule has 6 heteroatoms.